The summed E-state index contributed by atoms with van der Waals surface area (Å²) >= 11 is 0. The minimum atomic E-state index is -0.603. The summed E-state index contributed by atoms with van der Waals surface area (Å²) in [7, 11) is 1.48. The average Bonchev–Trinajstić information content (AvgIpc) is 2.79. The molecule has 2 aliphatic rings. The second-order valence-corrected chi connectivity index (χ2v) is 7.20. The molecule has 0 unspecified atom stereocenters. The lowest BCUT2D eigenvalue weighted by atomic mass is 9.67. The van der Waals surface area contributed by atoms with Crippen LogP contribution in [-0.2, 0) is 14.4 Å². The zero-order chi connectivity index (χ0) is 18.3. The Morgan fingerprint density at radius 1 is 1.24 bits per heavy atom. The van der Waals surface area contributed by atoms with Gasteiger partial charge in [-0.1, -0.05) is 25.1 Å². The molecule has 1 heterocycles. The Bertz CT molecular complexity index is 720. The van der Waals surface area contributed by atoms with Crippen molar-refractivity contribution in [2.45, 2.75) is 32.7 Å². The molecule has 134 valence electrons. The van der Waals surface area contributed by atoms with Gasteiger partial charge in [0, 0.05) is 12.6 Å². The van der Waals surface area contributed by atoms with Gasteiger partial charge in [0.15, 0.2) is 0 Å². The maximum Gasteiger partial charge on any atom is 0.233 e. The molecule has 25 heavy (non-hydrogen) atoms. The van der Waals surface area contributed by atoms with Crippen molar-refractivity contribution in [3.05, 3.63) is 35.6 Å². The molecule has 0 aromatic heterocycles. The van der Waals surface area contributed by atoms with Crippen molar-refractivity contribution in [1.29, 1.82) is 0 Å². The Balaban J connectivity index is 1.81. The lowest BCUT2D eigenvalue weighted by molar-refractivity contribution is -0.141. The van der Waals surface area contributed by atoms with E-state index in [-0.39, 0.29) is 29.5 Å². The van der Waals surface area contributed by atoms with Crippen molar-refractivity contribution in [2.24, 2.45) is 23.7 Å². The van der Waals surface area contributed by atoms with E-state index < -0.39 is 23.8 Å². The van der Waals surface area contributed by atoms with Crippen LogP contribution in [0, 0.1) is 29.5 Å². The minimum absolute atomic E-state index is 0.00248. The second kappa shape index (κ2) is 6.58. The fraction of sp³-hybridized carbons (Fsp3) is 0.526. The number of amides is 3. The number of rotatable bonds is 3. The molecule has 1 saturated heterocycles. The van der Waals surface area contributed by atoms with Crippen molar-refractivity contribution in [1.82, 2.24) is 10.2 Å². The summed E-state index contributed by atoms with van der Waals surface area (Å²) in [5.74, 6) is -2.71. The average molecular weight is 346 g/mol. The normalized spacial score (nSPS) is 30.2. The summed E-state index contributed by atoms with van der Waals surface area (Å²) < 4.78 is 13.9. The number of hydrogen-bond acceptors (Lipinski definition) is 3. The van der Waals surface area contributed by atoms with Crippen LogP contribution < -0.4 is 5.32 Å². The summed E-state index contributed by atoms with van der Waals surface area (Å²) in [6, 6.07) is 5.79. The molecule has 6 heteroatoms. The van der Waals surface area contributed by atoms with E-state index in [2.05, 4.69) is 5.32 Å². The maximum atomic E-state index is 13.9. The van der Waals surface area contributed by atoms with E-state index >= 15 is 0 Å². The first kappa shape index (κ1) is 17.6. The van der Waals surface area contributed by atoms with Gasteiger partial charge in [-0.05, 0) is 31.7 Å². The fourth-order valence-electron chi connectivity index (χ4n) is 4.22. The van der Waals surface area contributed by atoms with Gasteiger partial charge in [-0.2, -0.15) is 0 Å². The SMILES string of the molecule is C[C@H](NC(=O)[C@H]1[C@@H]2C(=O)N(C)C(=O)[C@H]2CC[C@H]1C)c1ccccc1F. The number of nitrogens with zero attached hydrogens (tertiary/aromatic N) is 1. The highest BCUT2D eigenvalue weighted by atomic mass is 19.1. The van der Waals surface area contributed by atoms with Crippen LogP contribution in [0.15, 0.2) is 24.3 Å². The van der Waals surface area contributed by atoms with Gasteiger partial charge in [0.25, 0.3) is 0 Å². The zero-order valence-corrected chi connectivity index (χ0v) is 14.7. The Kier molecular flexibility index (Phi) is 4.62. The van der Waals surface area contributed by atoms with Crippen molar-refractivity contribution in [3.63, 3.8) is 0 Å². The van der Waals surface area contributed by atoms with Crippen molar-refractivity contribution >= 4 is 17.7 Å². The van der Waals surface area contributed by atoms with Gasteiger partial charge in [-0.25, -0.2) is 4.39 Å². The molecule has 0 spiro atoms. The third-order valence-corrected chi connectivity index (χ3v) is 5.66. The summed E-state index contributed by atoms with van der Waals surface area (Å²) in [5.41, 5.74) is 0.404. The molecule has 0 bridgehead atoms. The quantitative estimate of drug-likeness (QED) is 0.854. The number of imide groups is 1. The number of fused-ring (bicyclic) bond motifs is 1. The molecule has 5 nitrogen and oxygen atoms in total. The number of benzene rings is 1. The van der Waals surface area contributed by atoms with E-state index in [1.807, 2.05) is 6.92 Å². The van der Waals surface area contributed by atoms with Gasteiger partial charge in [-0.15, -0.1) is 0 Å². The number of likely N-dealkylation sites (tertiary alicyclic amines) is 1. The summed E-state index contributed by atoms with van der Waals surface area (Å²) in [6.07, 6.45) is 1.35. The molecule has 3 rings (SSSR count). The van der Waals surface area contributed by atoms with E-state index in [4.69, 9.17) is 0 Å². The molecule has 1 aromatic carbocycles. The predicted octanol–water partition coefficient (Wildman–Crippen LogP) is 2.28. The second-order valence-electron chi connectivity index (χ2n) is 7.20. The van der Waals surface area contributed by atoms with Gasteiger partial charge >= 0.3 is 0 Å². The number of carbonyl (C=O) groups is 3. The van der Waals surface area contributed by atoms with E-state index in [1.54, 1.807) is 25.1 Å². The van der Waals surface area contributed by atoms with Crippen molar-refractivity contribution in [3.8, 4) is 0 Å². The summed E-state index contributed by atoms with van der Waals surface area (Å²) in [4.78, 5) is 38.8. The van der Waals surface area contributed by atoms with Crippen LogP contribution in [0.4, 0.5) is 4.39 Å². The van der Waals surface area contributed by atoms with Crippen LogP contribution in [0.2, 0.25) is 0 Å². The lowest BCUT2D eigenvalue weighted by Crippen LogP contribution is -2.46. The lowest BCUT2D eigenvalue weighted by Gasteiger charge is -2.35. The third kappa shape index (κ3) is 2.94. The van der Waals surface area contributed by atoms with Gasteiger partial charge in [0.1, 0.15) is 5.82 Å². The van der Waals surface area contributed by atoms with Crippen LogP contribution in [0.1, 0.15) is 38.3 Å². The van der Waals surface area contributed by atoms with Crippen LogP contribution in [0.25, 0.3) is 0 Å². The fourth-order valence-corrected chi connectivity index (χ4v) is 4.22. The smallest absolute Gasteiger partial charge is 0.233 e. The monoisotopic (exact) mass is 346 g/mol. The van der Waals surface area contributed by atoms with Gasteiger partial charge in [-0.3, -0.25) is 19.3 Å². The van der Waals surface area contributed by atoms with Gasteiger partial charge in [0.2, 0.25) is 17.7 Å². The topological polar surface area (TPSA) is 66.5 Å². The molecule has 1 saturated carbocycles. The molecular formula is C19H23FN2O3. The highest BCUT2D eigenvalue weighted by molar-refractivity contribution is 6.06. The van der Waals surface area contributed by atoms with Crippen LogP contribution in [0.5, 0.6) is 0 Å². The number of nitrogens with one attached hydrogen (secondary N) is 1. The maximum absolute atomic E-state index is 13.9. The third-order valence-electron chi connectivity index (χ3n) is 5.66. The van der Waals surface area contributed by atoms with E-state index in [0.717, 1.165) is 11.3 Å². The van der Waals surface area contributed by atoms with Crippen LogP contribution in [-0.4, -0.2) is 29.7 Å². The molecule has 0 radical (unpaired) electrons. The number of carbonyl (C=O) groups excluding carboxylic acids is 3. The Labute approximate surface area is 146 Å². The van der Waals surface area contributed by atoms with Crippen molar-refractivity contribution < 1.29 is 18.8 Å². The van der Waals surface area contributed by atoms with E-state index in [9.17, 15) is 18.8 Å². The molecule has 5 atom stereocenters. The highest BCUT2D eigenvalue weighted by Gasteiger charge is 2.55. The van der Waals surface area contributed by atoms with Crippen molar-refractivity contribution in [2.75, 3.05) is 7.05 Å². The molecule has 1 aromatic rings. The zero-order valence-electron chi connectivity index (χ0n) is 14.7. The van der Waals surface area contributed by atoms with Crippen LogP contribution in [0.3, 0.4) is 0 Å². The Morgan fingerprint density at radius 3 is 2.60 bits per heavy atom. The summed E-state index contributed by atoms with van der Waals surface area (Å²) in [6.45, 7) is 3.65. The molecule has 3 amide bonds. The van der Waals surface area contributed by atoms with E-state index in [1.165, 1.54) is 13.1 Å². The standard InChI is InChI=1S/C19H23FN2O3/c1-10-8-9-13-16(19(25)22(3)18(13)24)15(10)17(23)21-11(2)12-6-4-5-7-14(12)20/h4-7,10-11,13,15-16H,8-9H2,1-3H3,(H,21,23)/t10-,11+,13+,15-,16-/m1/s1. The number of halogens is 1. The van der Waals surface area contributed by atoms with Gasteiger partial charge < -0.3 is 5.32 Å². The Hall–Kier alpha value is -2.24. The van der Waals surface area contributed by atoms with Gasteiger partial charge in [0.05, 0.1) is 23.8 Å². The summed E-state index contributed by atoms with van der Waals surface area (Å²) in [5, 5.41) is 2.84. The molecule has 2 fully saturated rings. The largest absolute Gasteiger partial charge is 0.349 e. The molecular weight excluding hydrogens is 323 g/mol. The molecule has 1 aliphatic carbocycles. The number of hydrogen-bond donors (Lipinski definition) is 1. The molecule has 1 N–H and O–H groups in total. The highest BCUT2D eigenvalue weighted by Crippen LogP contribution is 2.44. The molecule has 1 aliphatic heterocycles. The first-order valence-corrected chi connectivity index (χ1v) is 8.69. The van der Waals surface area contributed by atoms with E-state index in [0.29, 0.717) is 12.0 Å². The first-order chi connectivity index (χ1) is 11.8. The first-order valence-electron chi connectivity index (χ1n) is 8.69. The minimum Gasteiger partial charge on any atom is -0.349 e. The van der Waals surface area contributed by atoms with Crippen LogP contribution >= 0.6 is 0 Å². The Morgan fingerprint density at radius 2 is 1.92 bits per heavy atom. The predicted molar refractivity (Wildman–Crippen MR) is 89.6 cm³/mol.